The van der Waals surface area contributed by atoms with Gasteiger partial charge in [-0.1, -0.05) is 11.6 Å². The number of hydrogen-bond acceptors (Lipinski definition) is 5. The van der Waals surface area contributed by atoms with Crippen molar-refractivity contribution in [2.45, 2.75) is 24.4 Å². The molecule has 2 atom stereocenters. The number of aliphatic hydroxyl groups is 1. The Bertz CT molecular complexity index is 1910. The van der Waals surface area contributed by atoms with Crippen LogP contribution < -0.4 is 15.5 Å². The van der Waals surface area contributed by atoms with Crippen molar-refractivity contribution in [1.82, 2.24) is 15.1 Å². The number of aromatic nitrogens is 2. The van der Waals surface area contributed by atoms with Crippen LogP contribution >= 0.6 is 11.6 Å². The molecule has 0 aliphatic carbocycles. The SMILES string of the molecule is N#Cc1cnn(Cc2cc(NC(=O)N3C[C@](O)(C(F)(F)F)c4cc(F)ccc43)c3c(c2)C(=O)N[C@H]3c2cc(F)ccc2Cl)c1. The number of benzene rings is 3. The fraction of sp³-hybridized carbons (Fsp3) is 0.172. The van der Waals surface area contributed by atoms with Crippen molar-refractivity contribution in [2.75, 3.05) is 16.8 Å². The van der Waals surface area contributed by atoms with E-state index in [1.54, 1.807) is 0 Å². The van der Waals surface area contributed by atoms with Crippen LogP contribution in [-0.4, -0.2) is 39.5 Å². The molecule has 44 heavy (non-hydrogen) atoms. The molecule has 224 valence electrons. The lowest BCUT2D eigenvalue weighted by Crippen LogP contribution is -2.48. The lowest BCUT2D eigenvalue weighted by atomic mass is 9.94. The fourth-order valence-corrected chi connectivity index (χ4v) is 5.66. The molecule has 2 aliphatic rings. The summed E-state index contributed by atoms with van der Waals surface area (Å²) in [5.74, 6) is -2.31. The Labute approximate surface area is 250 Å². The summed E-state index contributed by atoms with van der Waals surface area (Å²) in [5, 5.41) is 29.1. The van der Waals surface area contributed by atoms with Crippen molar-refractivity contribution >= 4 is 34.9 Å². The van der Waals surface area contributed by atoms with Crippen LogP contribution in [0.3, 0.4) is 0 Å². The van der Waals surface area contributed by atoms with Gasteiger partial charge in [0.2, 0.25) is 5.60 Å². The summed E-state index contributed by atoms with van der Waals surface area (Å²) in [6.45, 7) is -1.25. The first-order valence-electron chi connectivity index (χ1n) is 12.8. The molecule has 3 N–H and O–H groups in total. The summed E-state index contributed by atoms with van der Waals surface area (Å²) < 4.78 is 71.6. The number of amides is 3. The Balaban J connectivity index is 1.45. The zero-order chi connectivity index (χ0) is 31.6. The van der Waals surface area contributed by atoms with Crippen molar-refractivity contribution in [3.63, 3.8) is 0 Å². The molecular weight excluding hydrogens is 611 g/mol. The third kappa shape index (κ3) is 4.80. The Hall–Kier alpha value is -5.00. The van der Waals surface area contributed by atoms with E-state index >= 15 is 0 Å². The van der Waals surface area contributed by atoms with Gasteiger partial charge in [0.1, 0.15) is 17.7 Å². The largest absolute Gasteiger partial charge is 0.423 e. The molecule has 3 aromatic carbocycles. The molecule has 9 nitrogen and oxygen atoms in total. The number of rotatable bonds is 4. The molecule has 6 rings (SSSR count). The molecule has 0 radical (unpaired) electrons. The van der Waals surface area contributed by atoms with Gasteiger partial charge in [-0.2, -0.15) is 23.5 Å². The molecule has 0 fully saturated rings. The van der Waals surface area contributed by atoms with Crippen molar-refractivity contribution in [1.29, 1.82) is 5.26 Å². The first-order valence-corrected chi connectivity index (χ1v) is 13.2. The fourth-order valence-electron chi connectivity index (χ4n) is 5.43. The second-order valence-corrected chi connectivity index (χ2v) is 10.7. The molecule has 3 amide bonds. The number of fused-ring (bicyclic) bond motifs is 2. The normalized spacial score (nSPS) is 18.9. The number of carbonyl (C=O) groups is 2. The highest BCUT2D eigenvalue weighted by molar-refractivity contribution is 6.31. The summed E-state index contributed by atoms with van der Waals surface area (Å²) >= 11 is 6.33. The summed E-state index contributed by atoms with van der Waals surface area (Å²) in [6.07, 6.45) is -2.49. The smallest absolute Gasteiger partial charge is 0.375 e. The minimum absolute atomic E-state index is 0.0240. The number of nitrogens with zero attached hydrogens (tertiary/aromatic N) is 4. The Morgan fingerprint density at radius 1 is 1.18 bits per heavy atom. The second-order valence-electron chi connectivity index (χ2n) is 10.3. The van der Waals surface area contributed by atoms with Crippen LogP contribution in [0, 0.1) is 23.0 Å². The van der Waals surface area contributed by atoms with Gasteiger partial charge < -0.3 is 15.7 Å². The van der Waals surface area contributed by atoms with Crippen LogP contribution in [0.4, 0.5) is 38.1 Å². The number of hydrogen-bond donors (Lipinski definition) is 3. The third-order valence-corrected chi connectivity index (χ3v) is 7.81. The van der Waals surface area contributed by atoms with Gasteiger partial charge in [0.15, 0.2) is 0 Å². The van der Waals surface area contributed by atoms with E-state index in [2.05, 4.69) is 15.7 Å². The monoisotopic (exact) mass is 628 g/mol. The summed E-state index contributed by atoms with van der Waals surface area (Å²) in [4.78, 5) is 27.4. The van der Waals surface area contributed by atoms with Crippen LogP contribution in [0.25, 0.3) is 0 Å². The zero-order valence-corrected chi connectivity index (χ0v) is 22.8. The molecule has 0 spiro atoms. The molecule has 2 aliphatic heterocycles. The number of nitriles is 1. The third-order valence-electron chi connectivity index (χ3n) is 7.46. The van der Waals surface area contributed by atoms with Crippen molar-refractivity contribution in [3.8, 4) is 6.07 Å². The molecule has 0 bridgehead atoms. The van der Waals surface area contributed by atoms with Crippen LogP contribution in [0.5, 0.6) is 0 Å². The maximum Gasteiger partial charge on any atom is 0.423 e. The first kappa shape index (κ1) is 29.1. The summed E-state index contributed by atoms with van der Waals surface area (Å²) in [6, 6.07) is 8.49. The minimum Gasteiger partial charge on any atom is -0.375 e. The molecule has 0 saturated heterocycles. The Kier molecular flexibility index (Phi) is 6.82. The second kappa shape index (κ2) is 10.3. The van der Waals surface area contributed by atoms with Gasteiger partial charge in [-0.25, -0.2) is 13.6 Å². The standard InChI is InChI=1S/C29H18ClF5N6O3/c30-21-3-1-16(31)7-18(21)25-24-19(26(42)39-25)5-14(11-40-12-15(9-36)10-37-40)6-22(24)38-27(43)41-13-28(44,29(33,34)35)20-8-17(32)2-4-23(20)41/h1-8,10,12,25,44H,11,13H2,(H,38,43)(H,39,42)/t25-,28+/m0/s1. The van der Waals surface area contributed by atoms with E-state index in [0.717, 1.165) is 24.3 Å². The van der Waals surface area contributed by atoms with Gasteiger partial charge in [-0.3, -0.25) is 14.4 Å². The maximum absolute atomic E-state index is 14.2. The molecule has 4 aromatic rings. The van der Waals surface area contributed by atoms with Crippen LogP contribution in [0.15, 0.2) is 60.9 Å². The molecule has 0 saturated carbocycles. The van der Waals surface area contributed by atoms with Crippen molar-refractivity contribution in [2.24, 2.45) is 0 Å². The lowest BCUT2D eigenvalue weighted by Gasteiger charge is -2.27. The van der Waals surface area contributed by atoms with Crippen molar-refractivity contribution < 1.29 is 36.6 Å². The van der Waals surface area contributed by atoms with E-state index in [4.69, 9.17) is 16.9 Å². The van der Waals surface area contributed by atoms with E-state index in [0.29, 0.717) is 16.5 Å². The average molecular weight is 629 g/mol. The highest BCUT2D eigenvalue weighted by Crippen LogP contribution is 2.49. The quantitative estimate of drug-likeness (QED) is 0.262. The Morgan fingerprint density at radius 2 is 1.91 bits per heavy atom. The molecule has 15 heteroatoms. The number of carbonyl (C=O) groups excluding carboxylic acids is 2. The number of alkyl halides is 3. The van der Waals surface area contributed by atoms with Crippen molar-refractivity contribution in [3.05, 3.63) is 111 Å². The summed E-state index contributed by atoms with van der Waals surface area (Å²) in [7, 11) is 0. The van der Waals surface area contributed by atoms with Crippen LogP contribution in [-0.2, 0) is 12.1 Å². The minimum atomic E-state index is -5.26. The van der Waals surface area contributed by atoms with Crippen LogP contribution in [0.1, 0.15) is 44.2 Å². The van der Waals surface area contributed by atoms with E-state index < -0.39 is 53.5 Å². The van der Waals surface area contributed by atoms with E-state index in [1.165, 1.54) is 35.3 Å². The number of urea groups is 1. The molecule has 3 heterocycles. The predicted molar refractivity (Wildman–Crippen MR) is 146 cm³/mol. The molecule has 1 aromatic heterocycles. The van der Waals surface area contributed by atoms with Gasteiger partial charge in [-0.15, -0.1) is 0 Å². The molecule has 0 unspecified atom stereocenters. The summed E-state index contributed by atoms with van der Waals surface area (Å²) in [5.41, 5.74) is -3.77. The van der Waals surface area contributed by atoms with Gasteiger partial charge in [0.25, 0.3) is 5.91 Å². The van der Waals surface area contributed by atoms with E-state index in [1.807, 2.05) is 6.07 Å². The highest BCUT2D eigenvalue weighted by atomic mass is 35.5. The number of anilines is 2. The number of β-amino-alcohol motifs (C(OH)–C–C–N with tert-alkyl or cyclic N) is 1. The zero-order valence-electron chi connectivity index (χ0n) is 22.1. The molecular formula is C29H18ClF5N6O3. The predicted octanol–water partition coefficient (Wildman–Crippen LogP) is 5.37. The average Bonchev–Trinajstić information content (AvgIpc) is 3.64. The topological polar surface area (TPSA) is 123 Å². The van der Waals surface area contributed by atoms with Crippen LogP contribution in [0.2, 0.25) is 5.02 Å². The Morgan fingerprint density at radius 3 is 2.61 bits per heavy atom. The van der Waals surface area contributed by atoms with E-state index in [-0.39, 0.29) is 45.2 Å². The van der Waals surface area contributed by atoms with Gasteiger partial charge in [-0.05, 0) is 54.1 Å². The number of nitrogens with one attached hydrogen (secondary N) is 2. The maximum atomic E-state index is 14.2. The highest BCUT2D eigenvalue weighted by Gasteiger charge is 2.61. The lowest BCUT2D eigenvalue weighted by molar-refractivity contribution is -0.258. The van der Waals surface area contributed by atoms with Gasteiger partial charge in [0.05, 0.1) is 36.6 Å². The van der Waals surface area contributed by atoms with Gasteiger partial charge >= 0.3 is 12.2 Å². The first-order chi connectivity index (χ1) is 20.8. The van der Waals surface area contributed by atoms with Gasteiger partial charge in [0, 0.05) is 39.2 Å². The number of halogens is 6. The van der Waals surface area contributed by atoms with E-state index in [9.17, 15) is 36.6 Å².